The van der Waals surface area contributed by atoms with Gasteiger partial charge in [0.2, 0.25) is 0 Å². The zero-order valence-electron chi connectivity index (χ0n) is 10.9. The van der Waals surface area contributed by atoms with Crippen molar-refractivity contribution < 1.29 is 5.11 Å². The van der Waals surface area contributed by atoms with Crippen LogP contribution in [0.2, 0.25) is 0 Å². The Balaban J connectivity index is 1.81. The molecule has 2 nitrogen and oxygen atoms in total. The lowest BCUT2D eigenvalue weighted by atomic mass is 10.0. The Morgan fingerprint density at radius 3 is 2.19 bits per heavy atom. The maximum Gasteiger partial charge on any atom is 0.0705 e. The molecular weight excluding hydrogens is 198 g/mol. The molecule has 0 aliphatic carbocycles. The van der Waals surface area contributed by atoms with Crippen LogP contribution < -0.4 is 5.32 Å². The van der Waals surface area contributed by atoms with Crippen molar-refractivity contribution in [2.24, 2.45) is 0 Å². The Kier molecular flexibility index (Phi) is 7.87. The quantitative estimate of drug-likeness (QED) is 0.593. The summed E-state index contributed by atoms with van der Waals surface area (Å²) in [5.41, 5.74) is 0. The molecule has 0 aromatic rings. The van der Waals surface area contributed by atoms with Crippen molar-refractivity contribution in [2.75, 3.05) is 6.54 Å². The van der Waals surface area contributed by atoms with E-state index in [4.69, 9.17) is 0 Å². The van der Waals surface area contributed by atoms with Crippen LogP contribution in [0.1, 0.15) is 71.1 Å². The van der Waals surface area contributed by atoms with Crippen molar-refractivity contribution in [3.63, 3.8) is 0 Å². The third kappa shape index (κ3) is 5.86. The molecule has 0 aromatic heterocycles. The zero-order valence-corrected chi connectivity index (χ0v) is 10.9. The molecule has 1 fully saturated rings. The fourth-order valence-electron chi connectivity index (χ4n) is 2.55. The molecule has 2 atom stereocenters. The first kappa shape index (κ1) is 14.0. The van der Waals surface area contributed by atoms with Gasteiger partial charge in [0.15, 0.2) is 0 Å². The maximum absolute atomic E-state index is 9.63. The molecule has 1 rings (SSSR count). The standard InChI is InChI=1S/C14H29NO/c1-2-3-4-5-6-7-8-9-10-13-14(16)11-12-15-13/h13-16H,2-12H2,1H3. The Morgan fingerprint density at radius 1 is 1.00 bits per heavy atom. The average molecular weight is 227 g/mol. The molecule has 1 saturated heterocycles. The Morgan fingerprint density at radius 2 is 1.62 bits per heavy atom. The summed E-state index contributed by atoms with van der Waals surface area (Å²) in [7, 11) is 0. The summed E-state index contributed by atoms with van der Waals surface area (Å²) in [5, 5.41) is 13.0. The number of hydrogen-bond donors (Lipinski definition) is 2. The maximum atomic E-state index is 9.63. The Hall–Kier alpha value is -0.0800. The number of rotatable bonds is 9. The molecule has 0 amide bonds. The summed E-state index contributed by atoms with van der Waals surface area (Å²) in [6.45, 7) is 3.27. The number of aliphatic hydroxyl groups is 1. The number of unbranched alkanes of at least 4 members (excludes halogenated alkanes) is 7. The van der Waals surface area contributed by atoms with Crippen molar-refractivity contribution in [3.05, 3.63) is 0 Å². The highest BCUT2D eigenvalue weighted by molar-refractivity contribution is 4.82. The summed E-state index contributed by atoms with van der Waals surface area (Å²) in [6.07, 6.45) is 13.0. The third-order valence-electron chi connectivity index (χ3n) is 3.68. The van der Waals surface area contributed by atoms with Crippen LogP contribution in [-0.4, -0.2) is 23.8 Å². The van der Waals surface area contributed by atoms with Crippen LogP contribution in [0.5, 0.6) is 0 Å². The van der Waals surface area contributed by atoms with Gasteiger partial charge in [-0.15, -0.1) is 0 Å². The fraction of sp³-hybridized carbons (Fsp3) is 1.00. The molecule has 0 aromatic carbocycles. The van der Waals surface area contributed by atoms with Crippen molar-refractivity contribution in [3.8, 4) is 0 Å². The molecular formula is C14H29NO. The van der Waals surface area contributed by atoms with Crippen LogP contribution >= 0.6 is 0 Å². The molecule has 2 heteroatoms. The lowest BCUT2D eigenvalue weighted by Gasteiger charge is -2.14. The van der Waals surface area contributed by atoms with Gasteiger partial charge in [0, 0.05) is 6.04 Å². The van der Waals surface area contributed by atoms with E-state index in [1.807, 2.05) is 0 Å². The number of hydrogen-bond acceptors (Lipinski definition) is 2. The first-order chi connectivity index (χ1) is 7.84. The molecule has 1 aliphatic heterocycles. The molecule has 0 saturated carbocycles. The van der Waals surface area contributed by atoms with Crippen LogP contribution in [-0.2, 0) is 0 Å². The van der Waals surface area contributed by atoms with E-state index in [1.165, 1.54) is 51.4 Å². The molecule has 0 radical (unpaired) electrons. The lowest BCUT2D eigenvalue weighted by Crippen LogP contribution is -2.29. The third-order valence-corrected chi connectivity index (χ3v) is 3.68. The average Bonchev–Trinajstić information content (AvgIpc) is 2.68. The molecule has 0 spiro atoms. The Labute approximate surface area is 101 Å². The molecule has 2 N–H and O–H groups in total. The van der Waals surface area contributed by atoms with E-state index >= 15 is 0 Å². The summed E-state index contributed by atoms with van der Waals surface area (Å²) in [4.78, 5) is 0. The second-order valence-electron chi connectivity index (χ2n) is 5.18. The SMILES string of the molecule is CCCCCCCCCCC1NCCC1O. The first-order valence-electron chi connectivity index (χ1n) is 7.26. The van der Waals surface area contributed by atoms with Crippen molar-refractivity contribution in [2.45, 2.75) is 83.3 Å². The van der Waals surface area contributed by atoms with E-state index < -0.39 is 0 Å². The van der Waals surface area contributed by atoms with Crippen LogP contribution in [0.4, 0.5) is 0 Å². The van der Waals surface area contributed by atoms with Crippen molar-refractivity contribution >= 4 is 0 Å². The van der Waals surface area contributed by atoms with Crippen LogP contribution in [0.3, 0.4) is 0 Å². The van der Waals surface area contributed by atoms with Gasteiger partial charge in [-0.2, -0.15) is 0 Å². The van der Waals surface area contributed by atoms with Gasteiger partial charge in [-0.25, -0.2) is 0 Å². The molecule has 96 valence electrons. The number of aliphatic hydroxyl groups excluding tert-OH is 1. The van der Waals surface area contributed by atoms with Gasteiger partial charge in [0.05, 0.1) is 6.10 Å². The summed E-state index contributed by atoms with van der Waals surface area (Å²) < 4.78 is 0. The van der Waals surface area contributed by atoms with Crippen molar-refractivity contribution in [1.29, 1.82) is 0 Å². The van der Waals surface area contributed by atoms with Crippen LogP contribution in [0, 0.1) is 0 Å². The predicted octanol–water partition coefficient (Wildman–Crippen LogP) is 3.24. The first-order valence-corrected chi connectivity index (χ1v) is 7.26. The molecule has 16 heavy (non-hydrogen) atoms. The highest BCUT2D eigenvalue weighted by Crippen LogP contribution is 2.15. The van der Waals surface area contributed by atoms with Crippen molar-refractivity contribution in [1.82, 2.24) is 5.32 Å². The highest BCUT2D eigenvalue weighted by atomic mass is 16.3. The summed E-state index contributed by atoms with van der Waals surface area (Å²) in [6, 6.07) is 0.389. The highest BCUT2D eigenvalue weighted by Gasteiger charge is 2.23. The van der Waals surface area contributed by atoms with Gasteiger partial charge >= 0.3 is 0 Å². The Bertz CT molecular complexity index is 161. The molecule has 0 bridgehead atoms. The number of nitrogens with one attached hydrogen (secondary N) is 1. The normalized spacial score (nSPS) is 25.1. The van der Waals surface area contributed by atoms with Gasteiger partial charge in [0.1, 0.15) is 0 Å². The molecule has 1 heterocycles. The topological polar surface area (TPSA) is 32.3 Å². The van der Waals surface area contributed by atoms with E-state index in [-0.39, 0.29) is 6.10 Å². The van der Waals surface area contributed by atoms with Crippen LogP contribution in [0.15, 0.2) is 0 Å². The van der Waals surface area contributed by atoms with Gasteiger partial charge < -0.3 is 10.4 Å². The van der Waals surface area contributed by atoms with Gasteiger partial charge in [-0.3, -0.25) is 0 Å². The zero-order chi connectivity index (χ0) is 11.6. The largest absolute Gasteiger partial charge is 0.391 e. The van der Waals surface area contributed by atoms with Gasteiger partial charge in [-0.1, -0.05) is 58.3 Å². The van der Waals surface area contributed by atoms with E-state index in [0.717, 1.165) is 19.4 Å². The summed E-state index contributed by atoms with van der Waals surface area (Å²) in [5.74, 6) is 0. The smallest absolute Gasteiger partial charge is 0.0705 e. The lowest BCUT2D eigenvalue weighted by molar-refractivity contribution is 0.154. The predicted molar refractivity (Wildman–Crippen MR) is 69.6 cm³/mol. The van der Waals surface area contributed by atoms with Gasteiger partial charge in [-0.05, 0) is 19.4 Å². The second kappa shape index (κ2) is 9.00. The molecule has 2 unspecified atom stereocenters. The minimum Gasteiger partial charge on any atom is -0.391 e. The second-order valence-corrected chi connectivity index (χ2v) is 5.18. The minimum atomic E-state index is -0.0791. The fourth-order valence-corrected chi connectivity index (χ4v) is 2.55. The van der Waals surface area contributed by atoms with E-state index in [1.54, 1.807) is 0 Å². The monoisotopic (exact) mass is 227 g/mol. The van der Waals surface area contributed by atoms with Crippen LogP contribution in [0.25, 0.3) is 0 Å². The van der Waals surface area contributed by atoms with E-state index in [0.29, 0.717) is 6.04 Å². The van der Waals surface area contributed by atoms with Gasteiger partial charge in [0.25, 0.3) is 0 Å². The van der Waals surface area contributed by atoms with E-state index in [9.17, 15) is 5.11 Å². The minimum absolute atomic E-state index is 0.0791. The summed E-state index contributed by atoms with van der Waals surface area (Å²) >= 11 is 0. The molecule has 1 aliphatic rings. The van der Waals surface area contributed by atoms with E-state index in [2.05, 4.69) is 12.2 Å².